The van der Waals surface area contributed by atoms with Gasteiger partial charge in [0, 0.05) is 6.20 Å². The molecule has 3 amide bonds. The average Bonchev–Trinajstić information content (AvgIpc) is 2.81. The minimum atomic E-state index is -5.16. The molecule has 0 unspecified atom stereocenters. The monoisotopic (exact) mass is 354 g/mol. The first-order valence-electron chi connectivity index (χ1n) is 6.93. The van der Waals surface area contributed by atoms with Gasteiger partial charge in [-0.05, 0) is 36.4 Å². The molecule has 2 heterocycles. The van der Waals surface area contributed by atoms with E-state index in [1.165, 1.54) is 24.4 Å². The molecule has 1 aromatic heterocycles. The van der Waals surface area contributed by atoms with Crippen molar-refractivity contribution in [3.05, 3.63) is 54.5 Å². The van der Waals surface area contributed by atoms with E-state index in [0.29, 0.717) is 4.90 Å². The highest BCUT2D eigenvalue weighted by Gasteiger charge is 2.68. The largest absolute Gasteiger partial charge is 0.440 e. The van der Waals surface area contributed by atoms with Gasteiger partial charge in [0.05, 0.1) is 5.69 Å². The summed E-state index contributed by atoms with van der Waals surface area (Å²) in [5.74, 6) is -2.51. The molecule has 1 saturated heterocycles. The highest BCUT2D eigenvalue weighted by Crippen LogP contribution is 2.37. The molecule has 1 aliphatic rings. The van der Waals surface area contributed by atoms with E-state index in [0.717, 1.165) is 24.3 Å². The molecule has 1 aromatic carbocycles. The summed E-state index contributed by atoms with van der Waals surface area (Å²) in [6, 6.07) is 6.72. The fourth-order valence-corrected chi connectivity index (χ4v) is 2.33. The number of rotatable bonds is 3. The molecule has 6 nitrogen and oxygen atoms in total. The molecule has 10 heteroatoms. The standard InChI is InChI=1S/C15H10F4N4O2/c16-9-4-6-10(7-5-9)23-12(24)14(15(17,18)19,22-13(23)25)21-11-3-1-2-8-20-11/h1-8H,(H,20,21)(H,22,25)/t14-/m1/s1. The van der Waals surface area contributed by atoms with Crippen molar-refractivity contribution in [2.75, 3.05) is 10.2 Å². The smallest absolute Gasteiger partial charge is 0.332 e. The van der Waals surface area contributed by atoms with E-state index in [4.69, 9.17) is 0 Å². The summed E-state index contributed by atoms with van der Waals surface area (Å²) in [5.41, 5.74) is -3.58. The summed E-state index contributed by atoms with van der Waals surface area (Å²) in [6.45, 7) is 0. The number of carbonyl (C=O) groups excluding carboxylic acids is 2. The van der Waals surface area contributed by atoms with Crippen LogP contribution in [0.3, 0.4) is 0 Å². The second-order valence-corrected chi connectivity index (χ2v) is 5.13. The van der Waals surface area contributed by atoms with Crippen molar-refractivity contribution in [3.63, 3.8) is 0 Å². The number of benzene rings is 1. The number of amides is 3. The zero-order valence-corrected chi connectivity index (χ0v) is 12.3. The number of halogens is 4. The second-order valence-electron chi connectivity index (χ2n) is 5.13. The number of carbonyl (C=O) groups is 2. The number of imide groups is 1. The Morgan fingerprint density at radius 1 is 1.08 bits per heavy atom. The van der Waals surface area contributed by atoms with Crippen LogP contribution in [0.4, 0.5) is 33.9 Å². The van der Waals surface area contributed by atoms with E-state index in [1.807, 2.05) is 5.32 Å². The second kappa shape index (κ2) is 5.72. The quantitative estimate of drug-likeness (QED) is 0.657. The number of hydrogen-bond acceptors (Lipinski definition) is 4. The molecule has 0 bridgehead atoms. The Bertz CT molecular complexity index is 811. The Kier molecular flexibility index (Phi) is 3.82. The third-order valence-electron chi connectivity index (χ3n) is 3.51. The molecule has 1 aliphatic heterocycles. The van der Waals surface area contributed by atoms with Crippen LogP contribution in [0.1, 0.15) is 0 Å². The van der Waals surface area contributed by atoms with Crippen LogP contribution in [0, 0.1) is 5.82 Å². The number of urea groups is 1. The predicted molar refractivity (Wildman–Crippen MR) is 79.1 cm³/mol. The maximum atomic E-state index is 13.7. The lowest BCUT2D eigenvalue weighted by Crippen LogP contribution is -2.64. The van der Waals surface area contributed by atoms with Crippen LogP contribution in [0.2, 0.25) is 0 Å². The first-order chi connectivity index (χ1) is 11.7. The van der Waals surface area contributed by atoms with Crippen LogP contribution in [-0.4, -0.2) is 28.8 Å². The van der Waals surface area contributed by atoms with Crippen LogP contribution in [-0.2, 0) is 4.79 Å². The minimum Gasteiger partial charge on any atom is -0.332 e. The van der Waals surface area contributed by atoms with Gasteiger partial charge in [-0.1, -0.05) is 6.07 Å². The molecular formula is C15H10F4N4O2. The predicted octanol–water partition coefficient (Wildman–Crippen LogP) is 2.65. The fraction of sp³-hybridized carbons (Fsp3) is 0.133. The highest BCUT2D eigenvalue weighted by molar-refractivity contribution is 6.24. The first kappa shape index (κ1) is 16.7. The van der Waals surface area contributed by atoms with Crippen LogP contribution in [0.25, 0.3) is 0 Å². The van der Waals surface area contributed by atoms with E-state index in [1.54, 1.807) is 5.32 Å². The van der Waals surface area contributed by atoms with Gasteiger partial charge in [-0.25, -0.2) is 19.1 Å². The third kappa shape index (κ3) is 2.75. The number of nitrogens with one attached hydrogen (secondary N) is 2. The van der Waals surface area contributed by atoms with Crippen molar-refractivity contribution in [2.45, 2.75) is 11.8 Å². The van der Waals surface area contributed by atoms with Crippen molar-refractivity contribution in [1.29, 1.82) is 0 Å². The summed E-state index contributed by atoms with van der Waals surface area (Å²) in [5, 5.41) is 3.59. The molecule has 0 aliphatic carbocycles. The van der Waals surface area contributed by atoms with E-state index >= 15 is 0 Å². The van der Waals surface area contributed by atoms with Gasteiger partial charge >= 0.3 is 12.2 Å². The van der Waals surface area contributed by atoms with Crippen LogP contribution >= 0.6 is 0 Å². The SMILES string of the molecule is O=C1N[C@@](Nc2ccccn2)(C(F)(F)F)C(=O)N1c1ccc(F)cc1. The molecule has 2 N–H and O–H groups in total. The Hall–Kier alpha value is -3.17. The zero-order chi connectivity index (χ0) is 18.2. The first-order valence-corrected chi connectivity index (χ1v) is 6.93. The normalized spacial score (nSPS) is 20.6. The molecule has 1 fully saturated rings. The van der Waals surface area contributed by atoms with Gasteiger partial charge in [-0.15, -0.1) is 0 Å². The molecule has 3 rings (SSSR count). The molecular weight excluding hydrogens is 344 g/mol. The Morgan fingerprint density at radius 2 is 1.76 bits per heavy atom. The molecule has 25 heavy (non-hydrogen) atoms. The van der Waals surface area contributed by atoms with Gasteiger partial charge < -0.3 is 5.32 Å². The van der Waals surface area contributed by atoms with Crippen molar-refractivity contribution in [1.82, 2.24) is 10.3 Å². The maximum absolute atomic E-state index is 13.7. The number of nitrogens with zero attached hydrogens (tertiary/aromatic N) is 2. The summed E-state index contributed by atoms with van der Waals surface area (Å²) < 4.78 is 54.0. The minimum absolute atomic E-state index is 0.196. The van der Waals surface area contributed by atoms with Crippen LogP contribution in [0.5, 0.6) is 0 Å². The Labute approximate surface area is 138 Å². The number of hydrogen-bond donors (Lipinski definition) is 2. The number of pyridine rings is 1. The Morgan fingerprint density at radius 3 is 2.32 bits per heavy atom. The zero-order valence-electron chi connectivity index (χ0n) is 12.3. The van der Waals surface area contributed by atoms with Crippen LogP contribution in [0.15, 0.2) is 48.7 Å². The molecule has 130 valence electrons. The van der Waals surface area contributed by atoms with E-state index in [9.17, 15) is 27.2 Å². The van der Waals surface area contributed by atoms with Gasteiger partial charge in [0.2, 0.25) is 0 Å². The molecule has 0 spiro atoms. The van der Waals surface area contributed by atoms with Gasteiger partial charge in [-0.2, -0.15) is 13.2 Å². The topological polar surface area (TPSA) is 74.3 Å². The van der Waals surface area contributed by atoms with Crippen molar-refractivity contribution in [2.24, 2.45) is 0 Å². The molecule has 1 atom stereocenters. The van der Waals surface area contributed by atoms with Gasteiger partial charge in [0.15, 0.2) is 0 Å². The lowest BCUT2D eigenvalue weighted by molar-refractivity contribution is -0.185. The number of anilines is 2. The van der Waals surface area contributed by atoms with Crippen LogP contribution < -0.4 is 15.5 Å². The lowest BCUT2D eigenvalue weighted by atomic mass is 10.1. The summed E-state index contributed by atoms with van der Waals surface area (Å²) in [7, 11) is 0. The van der Waals surface area contributed by atoms with Crippen molar-refractivity contribution < 1.29 is 27.2 Å². The maximum Gasteiger partial charge on any atom is 0.440 e. The molecule has 2 aromatic rings. The lowest BCUT2D eigenvalue weighted by Gasteiger charge is -2.30. The van der Waals surface area contributed by atoms with Gasteiger partial charge in [0.1, 0.15) is 11.6 Å². The number of aromatic nitrogens is 1. The van der Waals surface area contributed by atoms with Crippen molar-refractivity contribution in [3.8, 4) is 0 Å². The third-order valence-corrected chi connectivity index (χ3v) is 3.51. The molecule has 0 saturated carbocycles. The summed E-state index contributed by atoms with van der Waals surface area (Å²) in [4.78, 5) is 28.6. The van der Waals surface area contributed by atoms with E-state index in [-0.39, 0.29) is 11.5 Å². The number of alkyl halides is 3. The van der Waals surface area contributed by atoms with Gasteiger partial charge in [-0.3, -0.25) is 10.1 Å². The Balaban J connectivity index is 2.04. The summed E-state index contributed by atoms with van der Waals surface area (Å²) >= 11 is 0. The van der Waals surface area contributed by atoms with E-state index in [2.05, 4.69) is 4.98 Å². The highest BCUT2D eigenvalue weighted by atomic mass is 19.4. The van der Waals surface area contributed by atoms with Crippen molar-refractivity contribution >= 4 is 23.4 Å². The van der Waals surface area contributed by atoms with E-state index < -0.39 is 29.6 Å². The average molecular weight is 354 g/mol. The molecule has 0 radical (unpaired) electrons. The fourth-order valence-electron chi connectivity index (χ4n) is 2.33. The summed E-state index contributed by atoms with van der Waals surface area (Å²) in [6.07, 6.45) is -3.93. The van der Waals surface area contributed by atoms with Gasteiger partial charge in [0.25, 0.3) is 11.6 Å².